The summed E-state index contributed by atoms with van der Waals surface area (Å²) in [4.78, 5) is 28.0. The highest BCUT2D eigenvalue weighted by Gasteiger charge is 2.45. The summed E-state index contributed by atoms with van der Waals surface area (Å²) in [6.45, 7) is 1.78. The number of fused-ring (bicyclic) bond motifs is 2. The molecule has 0 radical (unpaired) electrons. The number of nitrogens with zero attached hydrogens (tertiary/aromatic N) is 3. The van der Waals surface area contributed by atoms with Crippen LogP contribution in [0.3, 0.4) is 0 Å². The smallest absolute Gasteiger partial charge is 0.297 e. The van der Waals surface area contributed by atoms with E-state index in [9.17, 15) is 14.0 Å². The summed E-state index contributed by atoms with van der Waals surface area (Å²) in [5, 5.41) is 9.23. The molecule has 1 atom stereocenters. The standard InChI is InChI=1S/C20H11BrFN3O3S/c1-9-23-24-20(29-9)25-16(10-3-2-4-11(21)7-10)15-17(26)13-8-12(22)5-6-14(13)28-18(15)19(25)27/h2-8,16H,1H3. The van der Waals surface area contributed by atoms with Gasteiger partial charge in [-0.25, -0.2) is 4.39 Å². The van der Waals surface area contributed by atoms with Crippen LogP contribution in [0.5, 0.6) is 0 Å². The Hall–Kier alpha value is -2.91. The highest BCUT2D eigenvalue weighted by atomic mass is 79.9. The van der Waals surface area contributed by atoms with Crippen molar-refractivity contribution in [3.8, 4) is 0 Å². The van der Waals surface area contributed by atoms with Gasteiger partial charge in [0.2, 0.25) is 10.9 Å². The Bertz CT molecular complexity index is 1370. The van der Waals surface area contributed by atoms with E-state index in [1.54, 1.807) is 6.92 Å². The molecule has 9 heteroatoms. The van der Waals surface area contributed by atoms with Crippen LogP contribution in [-0.4, -0.2) is 16.1 Å². The topological polar surface area (TPSA) is 76.3 Å². The first-order chi connectivity index (χ1) is 13.9. The zero-order valence-corrected chi connectivity index (χ0v) is 17.3. The SMILES string of the molecule is Cc1nnc(N2C(=O)c3oc4ccc(F)cc4c(=O)c3C2c2cccc(Br)c2)s1. The molecule has 0 saturated carbocycles. The third-order valence-electron chi connectivity index (χ3n) is 4.72. The van der Waals surface area contributed by atoms with Gasteiger partial charge in [0.15, 0.2) is 5.43 Å². The van der Waals surface area contributed by atoms with Crippen molar-refractivity contribution in [2.45, 2.75) is 13.0 Å². The van der Waals surface area contributed by atoms with Crippen molar-refractivity contribution >= 4 is 49.3 Å². The first-order valence-electron chi connectivity index (χ1n) is 8.59. The van der Waals surface area contributed by atoms with Crippen molar-refractivity contribution in [3.63, 3.8) is 0 Å². The molecule has 144 valence electrons. The Morgan fingerprint density at radius 3 is 2.72 bits per heavy atom. The van der Waals surface area contributed by atoms with Crippen molar-refractivity contribution in [3.05, 3.63) is 84.9 Å². The van der Waals surface area contributed by atoms with Crippen molar-refractivity contribution in [2.75, 3.05) is 4.90 Å². The number of hydrogen-bond acceptors (Lipinski definition) is 6. The number of aromatic nitrogens is 2. The molecule has 3 heterocycles. The molecule has 5 rings (SSSR count). The minimum Gasteiger partial charge on any atom is -0.450 e. The molecular weight excluding hydrogens is 461 g/mol. The van der Waals surface area contributed by atoms with Crippen molar-refractivity contribution in [1.29, 1.82) is 0 Å². The molecule has 1 aliphatic rings. The van der Waals surface area contributed by atoms with Crippen LogP contribution in [0.15, 0.2) is 56.1 Å². The van der Waals surface area contributed by atoms with E-state index in [2.05, 4.69) is 26.1 Å². The normalized spacial score (nSPS) is 15.9. The lowest BCUT2D eigenvalue weighted by Crippen LogP contribution is -2.29. The van der Waals surface area contributed by atoms with E-state index in [0.717, 1.165) is 10.5 Å². The molecule has 4 aromatic rings. The molecule has 29 heavy (non-hydrogen) atoms. The molecule has 0 fully saturated rings. The lowest BCUT2D eigenvalue weighted by atomic mass is 9.99. The lowest BCUT2D eigenvalue weighted by molar-refractivity contribution is 0.0970. The predicted molar refractivity (Wildman–Crippen MR) is 110 cm³/mol. The number of aryl methyl sites for hydroxylation is 1. The summed E-state index contributed by atoms with van der Waals surface area (Å²) in [5.41, 5.74) is 0.580. The van der Waals surface area contributed by atoms with Gasteiger partial charge >= 0.3 is 0 Å². The predicted octanol–water partition coefficient (Wildman–Crippen LogP) is 4.60. The van der Waals surface area contributed by atoms with Gasteiger partial charge < -0.3 is 4.42 Å². The molecule has 1 aliphatic heterocycles. The molecule has 2 aromatic carbocycles. The van der Waals surface area contributed by atoms with E-state index in [4.69, 9.17) is 4.42 Å². The number of benzene rings is 2. The van der Waals surface area contributed by atoms with Gasteiger partial charge in [0.25, 0.3) is 5.91 Å². The van der Waals surface area contributed by atoms with Crippen LogP contribution in [-0.2, 0) is 0 Å². The van der Waals surface area contributed by atoms with Gasteiger partial charge in [-0.2, -0.15) is 0 Å². The summed E-state index contributed by atoms with van der Waals surface area (Å²) >= 11 is 4.67. The molecule has 0 N–H and O–H groups in total. The summed E-state index contributed by atoms with van der Waals surface area (Å²) in [7, 11) is 0. The van der Waals surface area contributed by atoms with Crippen LogP contribution < -0.4 is 10.3 Å². The van der Waals surface area contributed by atoms with Crippen molar-refractivity contribution in [1.82, 2.24) is 10.2 Å². The third-order valence-corrected chi connectivity index (χ3v) is 6.05. The fourth-order valence-corrected chi connectivity index (χ4v) is 4.65. The molecular formula is C20H11BrFN3O3S. The zero-order chi connectivity index (χ0) is 20.3. The molecule has 2 aromatic heterocycles. The monoisotopic (exact) mass is 471 g/mol. The van der Waals surface area contributed by atoms with Gasteiger partial charge in [-0.15, -0.1) is 10.2 Å². The molecule has 1 unspecified atom stereocenters. The van der Waals surface area contributed by atoms with Crippen LogP contribution >= 0.6 is 27.3 Å². The lowest BCUT2D eigenvalue weighted by Gasteiger charge is -2.22. The van der Waals surface area contributed by atoms with E-state index in [1.807, 2.05) is 24.3 Å². The molecule has 0 spiro atoms. The van der Waals surface area contributed by atoms with E-state index < -0.39 is 23.2 Å². The number of halogens is 2. The van der Waals surface area contributed by atoms with Crippen LogP contribution in [0.1, 0.15) is 32.7 Å². The fourth-order valence-electron chi connectivity index (χ4n) is 3.52. The molecule has 1 amide bonds. The number of carbonyl (C=O) groups excluding carboxylic acids is 1. The summed E-state index contributed by atoms with van der Waals surface area (Å²) in [6, 6.07) is 10.2. The van der Waals surface area contributed by atoms with Gasteiger partial charge in [0.05, 0.1) is 17.0 Å². The second-order valence-corrected chi connectivity index (χ2v) is 8.63. The van der Waals surface area contributed by atoms with Crippen molar-refractivity contribution < 1.29 is 13.6 Å². The van der Waals surface area contributed by atoms with Gasteiger partial charge in [0.1, 0.15) is 16.4 Å². The quantitative estimate of drug-likeness (QED) is 0.426. The number of hydrogen-bond donors (Lipinski definition) is 0. The Morgan fingerprint density at radius 2 is 2.00 bits per heavy atom. The molecule has 0 bridgehead atoms. The zero-order valence-electron chi connectivity index (χ0n) is 14.8. The van der Waals surface area contributed by atoms with Gasteiger partial charge in [-0.3, -0.25) is 14.5 Å². The average Bonchev–Trinajstić information content (AvgIpc) is 3.24. The Labute approximate surface area is 175 Å². The fraction of sp³-hybridized carbons (Fsp3) is 0.100. The maximum absolute atomic E-state index is 13.8. The number of rotatable bonds is 2. The first-order valence-corrected chi connectivity index (χ1v) is 10.2. The maximum atomic E-state index is 13.8. The van der Waals surface area contributed by atoms with E-state index in [1.165, 1.54) is 28.4 Å². The van der Waals surface area contributed by atoms with Crippen molar-refractivity contribution in [2.24, 2.45) is 0 Å². The Kier molecular flexibility index (Phi) is 4.11. The molecule has 0 saturated heterocycles. The first kappa shape index (κ1) is 18.1. The van der Waals surface area contributed by atoms with E-state index in [0.29, 0.717) is 15.7 Å². The summed E-state index contributed by atoms with van der Waals surface area (Å²) in [5.74, 6) is -1.10. The Morgan fingerprint density at radius 1 is 1.17 bits per heavy atom. The Balaban J connectivity index is 1.84. The van der Waals surface area contributed by atoms with Gasteiger partial charge in [0, 0.05) is 4.47 Å². The highest BCUT2D eigenvalue weighted by molar-refractivity contribution is 9.10. The second kappa shape index (κ2) is 6.57. The van der Waals surface area contributed by atoms with Crippen LogP contribution in [0.2, 0.25) is 0 Å². The number of anilines is 1. The molecule has 6 nitrogen and oxygen atoms in total. The minimum atomic E-state index is -0.758. The second-order valence-electron chi connectivity index (χ2n) is 6.55. The van der Waals surface area contributed by atoms with E-state index in [-0.39, 0.29) is 22.3 Å². The maximum Gasteiger partial charge on any atom is 0.297 e. The average molecular weight is 472 g/mol. The highest BCUT2D eigenvalue weighted by Crippen LogP contribution is 2.42. The third kappa shape index (κ3) is 2.80. The summed E-state index contributed by atoms with van der Waals surface area (Å²) < 4.78 is 20.4. The number of carbonyl (C=O) groups is 1. The molecule has 0 aliphatic carbocycles. The number of amides is 1. The largest absolute Gasteiger partial charge is 0.450 e. The minimum absolute atomic E-state index is 0.0630. The van der Waals surface area contributed by atoms with Crippen LogP contribution in [0.25, 0.3) is 11.0 Å². The van der Waals surface area contributed by atoms with Crippen LogP contribution in [0.4, 0.5) is 9.52 Å². The van der Waals surface area contributed by atoms with E-state index >= 15 is 0 Å². The van der Waals surface area contributed by atoms with Gasteiger partial charge in [-0.1, -0.05) is 39.4 Å². The van der Waals surface area contributed by atoms with Crippen LogP contribution in [0, 0.1) is 12.7 Å². The summed E-state index contributed by atoms with van der Waals surface area (Å²) in [6.07, 6.45) is 0. The van der Waals surface area contributed by atoms with Gasteiger partial charge in [-0.05, 0) is 42.8 Å².